The van der Waals surface area contributed by atoms with Gasteiger partial charge in [0.2, 0.25) is 0 Å². The molecule has 3 nitrogen and oxygen atoms in total. The highest BCUT2D eigenvalue weighted by molar-refractivity contribution is 6.41. The third kappa shape index (κ3) is 4.19. The molecule has 1 heterocycles. The van der Waals surface area contributed by atoms with Gasteiger partial charge in [-0.15, -0.1) is 0 Å². The molecule has 0 unspecified atom stereocenters. The SMILES string of the molecule is CCCN1CC=C(NNc2c(Cl)cc(Cl)cc2Cl)CC1. The number of rotatable bonds is 5. The van der Waals surface area contributed by atoms with Crippen molar-refractivity contribution in [1.82, 2.24) is 10.3 Å². The lowest BCUT2D eigenvalue weighted by atomic mass is 10.2. The number of halogens is 3. The second kappa shape index (κ2) is 7.41. The first-order chi connectivity index (χ1) is 9.60. The molecule has 0 fully saturated rings. The van der Waals surface area contributed by atoms with Crippen LogP contribution in [0.4, 0.5) is 5.69 Å². The minimum Gasteiger partial charge on any atom is -0.305 e. The minimum absolute atomic E-state index is 0.499. The predicted octanol–water partition coefficient (Wildman–Crippen LogP) is 4.56. The Morgan fingerprint density at radius 2 is 1.85 bits per heavy atom. The van der Waals surface area contributed by atoms with Crippen LogP contribution >= 0.6 is 34.8 Å². The summed E-state index contributed by atoms with van der Waals surface area (Å²) in [6.45, 7) is 5.38. The average Bonchev–Trinajstić information content (AvgIpc) is 2.39. The van der Waals surface area contributed by atoms with Crippen molar-refractivity contribution < 1.29 is 0 Å². The molecule has 2 N–H and O–H groups in total. The highest BCUT2D eigenvalue weighted by atomic mass is 35.5. The number of hydrogen-bond donors (Lipinski definition) is 2. The smallest absolute Gasteiger partial charge is 0.0913 e. The maximum absolute atomic E-state index is 6.12. The van der Waals surface area contributed by atoms with Gasteiger partial charge in [0, 0.05) is 30.2 Å². The molecule has 20 heavy (non-hydrogen) atoms. The van der Waals surface area contributed by atoms with Gasteiger partial charge in [-0.05, 0) is 31.2 Å². The lowest BCUT2D eigenvalue weighted by Crippen LogP contribution is -2.34. The maximum Gasteiger partial charge on any atom is 0.0913 e. The van der Waals surface area contributed by atoms with Crippen LogP contribution in [0.15, 0.2) is 23.9 Å². The molecule has 0 aromatic heterocycles. The zero-order chi connectivity index (χ0) is 14.5. The molecule has 1 aromatic rings. The summed E-state index contributed by atoms with van der Waals surface area (Å²) < 4.78 is 0. The Labute approximate surface area is 134 Å². The van der Waals surface area contributed by atoms with E-state index in [1.807, 2.05) is 0 Å². The molecule has 1 aromatic carbocycles. The second-order valence-corrected chi connectivity index (χ2v) is 6.03. The summed E-state index contributed by atoms with van der Waals surface area (Å²) in [5.41, 5.74) is 8.04. The molecular formula is C14H18Cl3N3. The normalized spacial score (nSPS) is 15.9. The van der Waals surface area contributed by atoms with E-state index in [1.165, 1.54) is 6.42 Å². The van der Waals surface area contributed by atoms with Crippen molar-refractivity contribution >= 4 is 40.5 Å². The van der Waals surface area contributed by atoms with Crippen molar-refractivity contribution in [3.05, 3.63) is 39.0 Å². The minimum atomic E-state index is 0.499. The molecule has 0 amide bonds. The first-order valence-corrected chi connectivity index (χ1v) is 7.81. The van der Waals surface area contributed by atoms with E-state index >= 15 is 0 Å². The van der Waals surface area contributed by atoms with Crippen molar-refractivity contribution in [3.8, 4) is 0 Å². The molecule has 1 aliphatic rings. The first kappa shape index (κ1) is 15.8. The van der Waals surface area contributed by atoms with Gasteiger partial charge in [-0.2, -0.15) is 0 Å². The van der Waals surface area contributed by atoms with Crippen LogP contribution in [0.1, 0.15) is 19.8 Å². The second-order valence-electron chi connectivity index (χ2n) is 4.77. The van der Waals surface area contributed by atoms with Crippen LogP contribution in [-0.2, 0) is 0 Å². The summed E-state index contributed by atoms with van der Waals surface area (Å²) in [5, 5.41) is 1.52. The Kier molecular flexibility index (Phi) is 5.85. The maximum atomic E-state index is 6.12. The molecule has 0 spiro atoms. The topological polar surface area (TPSA) is 27.3 Å². The number of nitrogens with zero attached hydrogens (tertiary/aromatic N) is 1. The standard InChI is InChI=1S/C14H18Cl3N3/c1-2-5-20-6-3-11(4-7-20)18-19-14-12(16)8-10(15)9-13(14)17/h3,8-9,18-19H,2,4-7H2,1H3. The fraction of sp³-hybridized carbons (Fsp3) is 0.429. The number of nitrogens with one attached hydrogen (secondary N) is 2. The Hall–Kier alpha value is -0.610. The molecule has 0 bridgehead atoms. The number of hydrazine groups is 1. The van der Waals surface area contributed by atoms with Crippen molar-refractivity contribution in [2.75, 3.05) is 25.1 Å². The predicted molar refractivity (Wildman–Crippen MR) is 87.7 cm³/mol. The van der Waals surface area contributed by atoms with E-state index in [-0.39, 0.29) is 0 Å². The van der Waals surface area contributed by atoms with Crippen molar-refractivity contribution in [2.24, 2.45) is 0 Å². The summed E-state index contributed by atoms with van der Waals surface area (Å²) in [7, 11) is 0. The monoisotopic (exact) mass is 333 g/mol. The van der Waals surface area contributed by atoms with E-state index in [0.717, 1.165) is 31.8 Å². The third-order valence-electron chi connectivity index (χ3n) is 3.19. The van der Waals surface area contributed by atoms with Gasteiger partial charge in [0.1, 0.15) is 0 Å². The molecule has 0 aliphatic carbocycles. The Morgan fingerprint density at radius 1 is 1.15 bits per heavy atom. The van der Waals surface area contributed by atoms with Gasteiger partial charge in [-0.25, -0.2) is 0 Å². The summed E-state index contributed by atoms with van der Waals surface area (Å²) in [6, 6.07) is 3.33. The summed E-state index contributed by atoms with van der Waals surface area (Å²) in [6.07, 6.45) is 4.35. The molecule has 2 rings (SSSR count). The van der Waals surface area contributed by atoms with Gasteiger partial charge in [0.15, 0.2) is 0 Å². The van der Waals surface area contributed by atoms with E-state index in [9.17, 15) is 0 Å². The van der Waals surface area contributed by atoms with Gasteiger partial charge in [0.25, 0.3) is 0 Å². The summed E-state index contributed by atoms with van der Waals surface area (Å²) >= 11 is 18.1. The molecule has 0 radical (unpaired) electrons. The van der Waals surface area contributed by atoms with E-state index in [2.05, 4.69) is 28.8 Å². The Balaban J connectivity index is 1.93. The largest absolute Gasteiger partial charge is 0.305 e. The van der Waals surface area contributed by atoms with Crippen LogP contribution in [-0.4, -0.2) is 24.5 Å². The van der Waals surface area contributed by atoms with E-state index in [1.54, 1.807) is 12.1 Å². The third-order valence-corrected chi connectivity index (χ3v) is 4.00. The van der Waals surface area contributed by atoms with Crippen LogP contribution in [0.5, 0.6) is 0 Å². The quantitative estimate of drug-likeness (QED) is 0.773. The summed E-state index contributed by atoms with van der Waals surface area (Å²) in [4.78, 5) is 2.42. The number of hydrogen-bond acceptors (Lipinski definition) is 3. The molecule has 1 aliphatic heterocycles. The van der Waals surface area contributed by atoms with Crippen molar-refractivity contribution in [2.45, 2.75) is 19.8 Å². The highest BCUT2D eigenvalue weighted by Crippen LogP contribution is 2.33. The van der Waals surface area contributed by atoms with Gasteiger partial charge >= 0.3 is 0 Å². The molecule has 110 valence electrons. The average molecular weight is 335 g/mol. The van der Waals surface area contributed by atoms with Gasteiger partial charge in [0.05, 0.1) is 15.7 Å². The molecule has 6 heteroatoms. The first-order valence-electron chi connectivity index (χ1n) is 6.68. The fourth-order valence-corrected chi connectivity index (χ4v) is 3.06. The number of benzene rings is 1. The Bertz CT molecular complexity index is 479. The highest BCUT2D eigenvalue weighted by Gasteiger charge is 2.12. The zero-order valence-corrected chi connectivity index (χ0v) is 13.6. The molecule has 0 atom stereocenters. The van der Waals surface area contributed by atoms with Crippen LogP contribution in [0, 0.1) is 0 Å². The van der Waals surface area contributed by atoms with Gasteiger partial charge in [-0.3, -0.25) is 10.3 Å². The number of anilines is 1. The van der Waals surface area contributed by atoms with Gasteiger partial charge < -0.3 is 5.43 Å². The lowest BCUT2D eigenvalue weighted by molar-refractivity contribution is 0.291. The summed E-state index contributed by atoms with van der Waals surface area (Å²) in [5.74, 6) is 0. The van der Waals surface area contributed by atoms with Gasteiger partial charge in [-0.1, -0.05) is 41.7 Å². The van der Waals surface area contributed by atoms with Crippen LogP contribution in [0.2, 0.25) is 15.1 Å². The van der Waals surface area contributed by atoms with Crippen LogP contribution in [0.25, 0.3) is 0 Å². The van der Waals surface area contributed by atoms with E-state index < -0.39 is 0 Å². The Morgan fingerprint density at radius 3 is 2.40 bits per heavy atom. The molecule has 0 saturated carbocycles. The molecule has 0 saturated heterocycles. The fourth-order valence-electron chi connectivity index (χ4n) is 2.15. The van der Waals surface area contributed by atoms with Crippen LogP contribution in [0.3, 0.4) is 0 Å². The van der Waals surface area contributed by atoms with Crippen LogP contribution < -0.4 is 10.9 Å². The van der Waals surface area contributed by atoms with Crippen molar-refractivity contribution in [1.29, 1.82) is 0 Å². The zero-order valence-electron chi connectivity index (χ0n) is 11.3. The van der Waals surface area contributed by atoms with E-state index in [4.69, 9.17) is 34.8 Å². The van der Waals surface area contributed by atoms with Crippen molar-refractivity contribution in [3.63, 3.8) is 0 Å². The molecular weight excluding hydrogens is 317 g/mol. The van der Waals surface area contributed by atoms with E-state index in [0.29, 0.717) is 20.8 Å². The lowest BCUT2D eigenvalue weighted by Gasteiger charge is -2.26.